The van der Waals surface area contributed by atoms with E-state index in [-0.39, 0.29) is 5.41 Å². The van der Waals surface area contributed by atoms with Crippen LogP contribution in [0.5, 0.6) is 0 Å². The van der Waals surface area contributed by atoms with Crippen molar-refractivity contribution in [1.82, 2.24) is 10.4 Å². The highest BCUT2D eigenvalue weighted by atomic mass is 32.1. The van der Waals surface area contributed by atoms with Crippen molar-refractivity contribution in [2.75, 3.05) is 13.2 Å². The van der Waals surface area contributed by atoms with Gasteiger partial charge in [0.25, 0.3) is 0 Å². The number of thiazole rings is 1. The van der Waals surface area contributed by atoms with E-state index in [0.29, 0.717) is 12.0 Å². The monoisotopic (exact) mass is 283 g/mol. The maximum absolute atomic E-state index is 5.68. The van der Waals surface area contributed by atoms with Gasteiger partial charge in [0.05, 0.1) is 10.7 Å². The fourth-order valence-electron chi connectivity index (χ4n) is 2.34. The van der Waals surface area contributed by atoms with Gasteiger partial charge in [-0.05, 0) is 18.8 Å². The Morgan fingerprint density at radius 1 is 1.58 bits per heavy atom. The van der Waals surface area contributed by atoms with Crippen molar-refractivity contribution >= 4 is 11.3 Å². The van der Waals surface area contributed by atoms with E-state index in [2.05, 4.69) is 31.6 Å². The zero-order valence-corrected chi connectivity index (χ0v) is 12.9. The highest BCUT2D eigenvalue weighted by Crippen LogP contribution is 2.25. The van der Waals surface area contributed by atoms with E-state index >= 15 is 0 Å². The van der Waals surface area contributed by atoms with Crippen LogP contribution in [0.4, 0.5) is 0 Å². The minimum atomic E-state index is 0.125. The Morgan fingerprint density at radius 2 is 2.37 bits per heavy atom. The topological polar surface area (TPSA) is 60.2 Å². The van der Waals surface area contributed by atoms with Crippen molar-refractivity contribution in [1.29, 1.82) is 0 Å². The van der Waals surface area contributed by atoms with Crippen LogP contribution in [0.25, 0.3) is 0 Å². The van der Waals surface area contributed by atoms with Crippen LogP contribution in [0.2, 0.25) is 0 Å². The number of aromatic nitrogens is 1. The number of nitrogens with two attached hydrogens (primary N) is 1. The molecule has 1 aliphatic heterocycles. The summed E-state index contributed by atoms with van der Waals surface area (Å²) < 4.78 is 5.42. The SMILES string of the molecule is CC(C)(C)c1csc(CC(CC2CCOC2)NN)n1. The first-order chi connectivity index (χ1) is 8.99. The molecule has 0 spiro atoms. The fourth-order valence-corrected chi connectivity index (χ4v) is 3.44. The molecule has 0 bridgehead atoms. The summed E-state index contributed by atoms with van der Waals surface area (Å²) in [5.74, 6) is 6.32. The van der Waals surface area contributed by atoms with Gasteiger partial charge in [-0.2, -0.15) is 0 Å². The van der Waals surface area contributed by atoms with Gasteiger partial charge in [-0.15, -0.1) is 11.3 Å². The van der Waals surface area contributed by atoms with E-state index in [1.54, 1.807) is 11.3 Å². The van der Waals surface area contributed by atoms with E-state index in [4.69, 9.17) is 15.6 Å². The van der Waals surface area contributed by atoms with Crippen molar-refractivity contribution in [3.63, 3.8) is 0 Å². The van der Waals surface area contributed by atoms with Crippen molar-refractivity contribution < 1.29 is 4.74 Å². The number of hydrazine groups is 1. The number of nitrogens with zero attached hydrogens (tertiary/aromatic N) is 1. The van der Waals surface area contributed by atoms with Crippen molar-refractivity contribution in [3.05, 3.63) is 16.1 Å². The predicted molar refractivity (Wildman–Crippen MR) is 79.2 cm³/mol. The molecule has 2 atom stereocenters. The first-order valence-electron chi connectivity index (χ1n) is 6.98. The molecule has 1 aromatic rings. The largest absolute Gasteiger partial charge is 0.381 e. The molecule has 1 aliphatic rings. The van der Waals surface area contributed by atoms with E-state index < -0.39 is 0 Å². The number of nitrogens with one attached hydrogen (secondary N) is 1. The van der Waals surface area contributed by atoms with Crippen LogP contribution in [-0.4, -0.2) is 24.2 Å². The second kappa shape index (κ2) is 6.31. The quantitative estimate of drug-likeness (QED) is 0.643. The standard InChI is InChI=1S/C14H25N3OS/c1-14(2,3)12-9-19-13(16-12)7-11(17-15)6-10-4-5-18-8-10/h9-11,17H,4-8,15H2,1-3H3. The molecule has 0 aliphatic carbocycles. The Kier molecular flexibility index (Phi) is 4.95. The average molecular weight is 283 g/mol. The summed E-state index contributed by atoms with van der Waals surface area (Å²) >= 11 is 1.74. The van der Waals surface area contributed by atoms with Gasteiger partial charge in [0.2, 0.25) is 0 Å². The Labute approximate surface area is 119 Å². The molecule has 0 saturated carbocycles. The normalized spacial score (nSPS) is 21.8. The molecule has 0 amide bonds. The maximum atomic E-state index is 5.68. The lowest BCUT2D eigenvalue weighted by atomic mass is 9.93. The minimum Gasteiger partial charge on any atom is -0.381 e. The lowest BCUT2D eigenvalue weighted by molar-refractivity contribution is 0.181. The van der Waals surface area contributed by atoms with Gasteiger partial charge < -0.3 is 4.74 Å². The maximum Gasteiger partial charge on any atom is 0.0944 e. The summed E-state index contributed by atoms with van der Waals surface area (Å²) in [4.78, 5) is 4.74. The lowest BCUT2D eigenvalue weighted by Crippen LogP contribution is -2.38. The fraction of sp³-hybridized carbons (Fsp3) is 0.786. The third-order valence-corrected chi connectivity index (χ3v) is 4.49. The van der Waals surface area contributed by atoms with Crippen molar-refractivity contribution in [2.45, 2.75) is 51.5 Å². The molecule has 5 heteroatoms. The van der Waals surface area contributed by atoms with Gasteiger partial charge in [0, 0.05) is 36.5 Å². The molecule has 4 nitrogen and oxygen atoms in total. The Morgan fingerprint density at radius 3 is 2.89 bits per heavy atom. The molecule has 2 heterocycles. The van der Waals surface area contributed by atoms with E-state index in [0.717, 1.165) is 32.5 Å². The molecule has 1 fully saturated rings. The van der Waals surface area contributed by atoms with Crippen LogP contribution < -0.4 is 11.3 Å². The summed E-state index contributed by atoms with van der Waals surface area (Å²) in [5.41, 5.74) is 4.23. The van der Waals surface area contributed by atoms with Gasteiger partial charge >= 0.3 is 0 Å². The van der Waals surface area contributed by atoms with Crippen molar-refractivity contribution in [3.8, 4) is 0 Å². The smallest absolute Gasteiger partial charge is 0.0944 e. The van der Waals surface area contributed by atoms with Crippen LogP contribution in [0.1, 0.15) is 44.3 Å². The van der Waals surface area contributed by atoms with Crippen molar-refractivity contribution in [2.24, 2.45) is 11.8 Å². The van der Waals surface area contributed by atoms with Gasteiger partial charge in [0.15, 0.2) is 0 Å². The molecular weight excluding hydrogens is 258 g/mol. The molecule has 1 saturated heterocycles. The molecule has 3 N–H and O–H groups in total. The van der Waals surface area contributed by atoms with Gasteiger partial charge in [-0.25, -0.2) is 4.98 Å². The van der Waals surface area contributed by atoms with E-state index in [1.807, 2.05) is 0 Å². The Balaban J connectivity index is 1.92. The summed E-state index contributed by atoms with van der Waals surface area (Å²) in [6.45, 7) is 8.36. The van der Waals surface area contributed by atoms with Crippen LogP contribution >= 0.6 is 11.3 Å². The second-order valence-electron chi connectivity index (χ2n) is 6.41. The molecule has 0 radical (unpaired) electrons. The summed E-state index contributed by atoms with van der Waals surface area (Å²) in [5, 5.41) is 3.34. The van der Waals surface area contributed by atoms with Crippen LogP contribution in [0, 0.1) is 5.92 Å². The highest BCUT2D eigenvalue weighted by molar-refractivity contribution is 7.09. The van der Waals surface area contributed by atoms with E-state index in [9.17, 15) is 0 Å². The average Bonchev–Trinajstić information content (AvgIpc) is 2.98. The number of ether oxygens (including phenoxy) is 1. The van der Waals surface area contributed by atoms with Gasteiger partial charge in [0.1, 0.15) is 0 Å². The van der Waals surface area contributed by atoms with Gasteiger partial charge in [-0.1, -0.05) is 20.8 Å². The third kappa shape index (κ3) is 4.24. The molecular formula is C14H25N3OS. The predicted octanol–water partition coefficient (Wildman–Crippen LogP) is 2.24. The molecule has 19 heavy (non-hydrogen) atoms. The van der Waals surface area contributed by atoms with Crippen LogP contribution in [0.3, 0.4) is 0 Å². The molecule has 0 aromatic carbocycles. The Hall–Kier alpha value is -0.490. The minimum absolute atomic E-state index is 0.125. The summed E-state index contributed by atoms with van der Waals surface area (Å²) in [7, 11) is 0. The number of hydrogen-bond acceptors (Lipinski definition) is 5. The number of hydrogen-bond donors (Lipinski definition) is 2. The lowest BCUT2D eigenvalue weighted by Gasteiger charge is -2.18. The zero-order valence-electron chi connectivity index (χ0n) is 12.1. The zero-order chi connectivity index (χ0) is 13.9. The molecule has 108 valence electrons. The molecule has 1 aromatic heterocycles. The highest BCUT2D eigenvalue weighted by Gasteiger charge is 2.22. The number of rotatable bonds is 5. The second-order valence-corrected chi connectivity index (χ2v) is 7.35. The first-order valence-corrected chi connectivity index (χ1v) is 7.85. The van der Waals surface area contributed by atoms with E-state index in [1.165, 1.54) is 10.7 Å². The van der Waals surface area contributed by atoms with Crippen LogP contribution in [0.15, 0.2) is 5.38 Å². The summed E-state index contributed by atoms with van der Waals surface area (Å²) in [6.07, 6.45) is 3.14. The third-order valence-electron chi connectivity index (χ3n) is 3.62. The van der Waals surface area contributed by atoms with Crippen LogP contribution in [-0.2, 0) is 16.6 Å². The Bertz CT molecular complexity index is 394. The molecule has 2 rings (SSSR count). The van der Waals surface area contributed by atoms with Gasteiger partial charge in [-0.3, -0.25) is 11.3 Å². The molecule has 2 unspecified atom stereocenters. The first kappa shape index (κ1) is 14.9. The summed E-state index contributed by atoms with van der Waals surface area (Å²) in [6, 6.07) is 0.297.